The van der Waals surface area contributed by atoms with Crippen molar-refractivity contribution in [2.24, 2.45) is 0 Å². The highest BCUT2D eigenvalue weighted by Gasteiger charge is 2.24. The molecule has 1 atom stereocenters. The molecule has 0 aliphatic heterocycles. The highest BCUT2D eigenvalue weighted by molar-refractivity contribution is 5.95. The van der Waals surface area contributed by atoms with Crippen LogP contribution in [0.4, 0.5) is 22.4 Å². The number of benzene rings is 2. The summed E-state index contributed by atoms with van der Waals surface area (Å²) in [6.07, 6.45) is 0.143. The van der Waals surface area contributed by atoms with Crippen LogP contribution < -0.4 is 15.4 Å². The molecule has 2 aromatic carbocycles. The summed E-state index contributed by atoms with van der Waals surface area (Å²) in [6.45, 7) is 0.791. The Kier molecular flexibility index (Phi) is 7.27. The molecule has 12 heteroatoms. The lowest BCUT2D eigenvalue weighted by atomic mass is 10.1. The van der Waals surface area contributed by atoms with Crippen LogP contribution in [0, 0.1) is 30.2 Å². The number of carbonyl (C=O) groups excluding carboxylic acids is 1. The molecule has 3 N–H and O–H groups in total. The Morgan fingerprint density at radius 1 is 1.03 bits per heavy atom. The number of nitrogens with one attached hydrogen (secondary N) is 2. The molecule has 0 aliphatic rings. The number of pyridine rings is 1. The molecule has 2 heterocycles. The fourth-order valence-corrected chi connectivity index (χ4v) is 3.76. The lowest BCUT2D eigenvalue weighted by molar-refractivity contribution is 0.0928. The van der Waals surface area contributed by atoms with E-state index in [1.165, 1.54) is 34.9 Å². The predicted octanol–water partition coefficient (Wildman–Crippen LogP) is 4.52. The topological polar surface area (TPSA) is 105 Å². The van der Waals surface area contributed by atoms with Gasteiger partial charge in [-0.3, -0.25) is 9.20 Å². The number of carbonyl (C=O) groups is 2. The summed E-state index contributed by atoms with van der Waals surface area (Å²) < 4.78 is 62.2. The van der Waals surface area contributed by atoms with E-state index in [1.54, 1.807) is 6.92 Å². The third kappa shape index (κ3) is 5.47. The number of halogens is 4. The van der Waals surface area contributed by atoms with Gasteiger partial charge in [-0.15, -0.1) is 0 Å². The van der Waals surface area contributed by atoms with Crippen molar-refractivity contribution in [2.75, 3.05) is 6.54 Å². The van der Waals surface area contributed by atoms with Gasteiger partial charge in [0.15, 0.2) is 23.0 Å². The number of aromatic nitrogens is 2. The molecule has 37 heavy (non-hydrogen) atoms. The first kappa shape index (κ1) is 25.5. The molecule has 2 amide bonds. The monoisotopic (exact) mass is 516 g/mol. The standard InChI is InChI=1S/C25H20F4N4O4/c1-13-22(24(34)32-20(11-30-25(35)36)14-7-8-18(28)19(29)10-14)33-9-3-6-21(23(33)31-13)37-12-15-16(26)4-2-5-17(15)27/h2-10,20,30H,11-12H2,1H3,(H,32,34)(H,35,36). The molecule has 1 unspecified atom stereocenters. The van der Waals surface area contributed by atoms with Crippen LogP contribution in [-0.2, 0) is 6.61 Å². The third-order valence-corrected chi connectivity index (χ3v) is 5.55. The molecule has 0 spiro atoms. The van der Waals surface area contributed by atoms with Gasteiger partial charge in [0.05, 0.1) is 17.3 Å². The minimum absolute atomic E-state index is 0.0560. The van der Waals surface area contributed by atoms with E-state index in [-0.39, 0.29) is 40.5 Å². The normalized spacial score (nSPS) is 11.8. The molecule has 8 nitrogen and oxygen atoms in total. The number of amides is 2. The molecule has 0 bridgehead atoms. The van der Waals surface area contributed by atoms with E-state index in [9.17, 15) is 27.2 Å². The van der Waals surface area contributed by atoms with Crippen LogP contribution in [0.5, 0.6) is 5.75 Å². The second-order valence-electron chi connectivity index (χ2n) is 7.99. The van der Waals surface area contributed by atoms with Gasteiger partial charge in [0.25, 0.3) is 5.91 Å². The average molecular weight is 516 g/mol. The number of fused-ring (bicyclic) bond motifs is 1. The van der Waals surface area contributed by atoms with E-state index >= 15 is 0 Å². The van der Waals surface area contributed by atoms with Gasteiger partial charge in [-0.05, 0) is 48.9 Å². The van der Waals surface area contributed by atoms with E-state index in [0.29, 0.717) is 0 Å². The Hall–Kier alpha value is -4.61. The summed E-state index contributed by atoms with van der Waals surface area (Å²) in [4.78, 5) is 28.6. The second-order valence-corrected chi connectivity index (χ2v) is 7.99. The van der Waals surface area contributed by atoms with Gasteiger partial charge < -0.3 is 20.5 Å². The van der Waals surface area contributed by atoms with Crippen LogP contribution in [0.3, 0.4) is 0 Å². The maximum atomic E-state index is 14.0. The van der Waals surface area contributed by atoms with Crippen molar-refractivity contribution in [3.63, 3.8) is 0 Å². The second kappa shape index (κ2) is 10.6. The third-order valence-electron chi connectivity index (χ3n) is 5.55. The van der Waals surface area contributed by atoms with Crippen molar-refractivity contribution in [1.29, 1.82) is 0 Å². The fraction of sp³-hybridized carbons (Fsp3) is 0.160. The van der Waals surface area contributed by atoms with Crippen molar-refractivity contribution in [3.05, 3.63) is 101 Å². The molecule has 4 aromatic rings. The largest absolute Gasteiger partial charge is 0.485 e. The van der Waals surface area contributed by atoms with Crippen LogP contribution in [0.2, 0.25) is 0 Å². The predicted molar refractivity (Wildman–Crippen MR) is 123 cm³/mol. The number of imidazole rings is 1. The van der Waals surface area contributed by atoms with Gasteiger partial charge >= 0.3 is 6.09 Å². The molecule has 0 saturated carbocycles. The Morgan fingerprint density at radius 2 is 1.76 bits per heavy atom. The van der Waals surface area contributed by atoms with Gasteiger partial charge in [0.1, 0.15) is 23.9 Å². The summed E-state index contributed by atoms with van der Waals surface area (Å²) in [6, 6.07) is 8.40. The van der Waals surface area contributed by atoms with E-state index < -0.39 is 47.9 Å². The molecule has 0 aliphatic carbocycles. The summed E-state index contributed by atoms with van der Waals surface area (Å²) >= 11 is 0. The van der Waals surface area contributed by atoms with Crippen LogP contribution in [0.25, 0.3) is 5.65 Å². The molecular formula is C25H20F4N4O4. The summed E-state index contributed by atoms with van der Waals surface area (Å²) in [5, 5.41) is 13.7. The van der Waals surface area contributed by atoms with E-state index in [2.05, 4.69) is 15.6 Å². The Labute approximate surface area is 207 Å². The van der Waals surface area contributed by atoms with Crippen LogP contribution in [-0.4, -0.2) is 33.0 Å². The lowest BCUT2D eigenvalue weighted by Gasteiger charge is -2.19. The fourth-order valence-electron chi connectivity index (χ4n) is 3.76. The van der Waals surface area contributed by atoms with Gasteiger partial charge in [0.2, 0.25) is 0 Å². The molecular weight excluding hydrogens is 496 g/mol. The molecule has 2 aromatic heterocycles. The minimum atomic E-state index is -1.37. The summed E-state index contributed by atoms with van der Waals surface area (Å²) in [5.41, 5.74) is 0.366. The van der Waals surface area contributed by atoms with Crippen LogP contribution in [0.15, 0.2) is 54.7 Å². The number of ether oxygens (including phenoxy) is 1. The quantitative estimate of drug-likeness (QED) is 0.299. The Balaban J connectivity index is 1.63. The SMILES string of the molecule is Cc1nc2c(OCc3c(F)cccc3F)cccn2c1C(=O)NC(CNC(=O)O)c1ccc(F)c(F)c1. The number of hydrogen-bond donors (Lipinski definition) is 3. The molecule has 0 fully saturated rings. The van der Waals surface area contributed by atoms with Crippen molar-refractivity contribution >= 4 is 17.6 Å². The zero-order chi connectivity index (χ0) is 26.7. The number of nitrogens with zero attached hydrogens (tertiary/aromatic N) is 2. The summed E-state index contributed by atoms with van der Waals surface area (Å²) in [7, 11) is 0. The molecule has 192 valence electrons. The van der Waals surface area contributed by atoms with E-state index in [1.807, 2.05) is 0 Å². The van der Waals surface area contributed by atoms with Gasteiger partial charge in [-0.2, -0.15) is 0 Å². The van der Waals surface area contributed by atoms with E-state index in [0.717, 1.165) is 24.3 Å². The number of rotatable bonds is 8. The zero-order valence-electron chi connectivity index (χ0n) is 19.3. The maximum absolute atomic E-state index is 14.0. The Morgan fingerprint density at radius 3 is 2.43 bits per heavy atom. The number of hydrogen-bond acceptors (Lipinski definition) is 4. The molecule has 0 saturated heterocycles. The molecule has 4 rings (SSSR count). The number of carboxylic acid groups (broad SMARTS) is 1. The van der Waals surface area contributed by atoms with Crippen molar-refractivity contribution in [3.8, 4) is 5.75 Å². The smallest absolute Gasteiger partial charge is 0.404 e. The van der Waals surface area contributed by atoms with Crippen LogP contribution >= 0.6 is 0 Å². The van der Waals surface area contributed by atoms with E-state index in [4.69, 9.17) is 9.84 Å². The molecule has 0 radical (unpaired) electrons. The van der Waals surface area contributed by atoms with Crippen molar-refractivity contribution in [2.45, 2.75) is 19.6 Å². The minimum Gasteiger partial charge on any atom is -0.485 e. The highest BCUT2D eigenvalue weighted by Crippen LogP contribution is 2.25. The zero-order valence-corrected chi connectivity index (χ0v) is 19.3. The van der Waals surface area contributed by atoms with Gasteiger partial charge in [0, 0.05) is 12.7 Å². The first-order chi connectivity index (χ1) is 17.7. The lowest BCUT2D eigenvalue weighted by Crippen LogP contribution is -2.38. The first-order valence-electron chi connectivity index (χ1n) is 10.9. The van der Waals surface area contributed by atoms with Crippen molar-refractivity contribution in [1.82, 2.24) is 20.0 Å². The van der Waals surface area contributed by atoms with Gasteiger partial charge in [-0.25, -0.2) is 27.3 Å². The number of aryl methyl sites for hydroxylation is 1. The van der Waals surface area contributed by atoms with Gasteiger partial charge in [-0.1, -0.05) is 12.1 Å². The Bertz CT molecular complexity index is 1470. The summed E-state index contributed by atoms with van der Waals surface area (Å²) in [5.74, 6) is -4.35. The van der Waals surface area contributed by atoms with Crippen molar-refractivity contribution < 1.29 is 37.0 Å². The first-order valence-corrected chi connectivity index (χ1v) is 10.9. The average Bonchev–Trinajstić information content (AvgIpc) is 3.19. The highest BCUT2D eigenvalue weighted by atomic mass is 19.2. The maximum Gasteiger partial charge on any atom is 0.404 e. The van der Waals surface area contributed by atoms with Crippen LogP contribution in [0.1, 0.15) is 33.4 Å².